The second-order valence-corrected chi connectivity index (χ2v) is 4.10. The SMILES string of the molecule is CCN(C)C(=O)CNc1cc(C(F)(F)F)ncc1[N+](=O)[O-]. The number of nitrogens with zero attached hydrogens (tertiary/aromatic N) is 3. The molecule has 0 spiro atoms. The van der Waals surface area contributed by atoms with E-state index in [0.717, 1.165) is 0 Å². The molecule has 0 unspecified atom stereocenters. The molecule has 21 heavy (non-hydrogen) atoms. The first-order valence-electron chi connectivity index (χ1n) is 5.86. The Morgan fingerprint density at radius 3 is 2.62 bits per heavy atom. The Bertz CT molecular complexity index is 548. The van der Waals surface area contributed by atoms with Crippen LogP contribution in [0.2, 0.25) is 0 Å². The Kier molecular flexibility index (Phi) is 5.06. The van der Waals surface area contributed by atoms with Crippen molar-refractivity contribution in [3.8, 4) is 0 Å². The van der Waals surface area contributed by atoms with Crippen molar-refractivity contribution in [3.63, 3.8) is 0 Å². The molecule has 1 rings (SSSR count). The van der Waals surface area contributed by atoms with E-state index >= 15 is 0 Å². The van der Waals surface area contributed by atoms with E-state index in [1.807, 2.05) is 0 Å². The second kappa shape index (κ2) is 6.37. The van der Waals surface area contributed by atoms with E-state index in [1.54, 1.807) is 6.92 Å². The van der Waals surface area contributed by atoms with E-state index in [-0.39, 0.29) is 6.54 Å². The van der Waals surface area contributed by atoms with Gasteiger partial charge in [-0.25, -0.2) is 4.98 Å². The van der Waals surface area contributed by atoms with Crippen molar-refractivity contribution >= 4 is 17.3 Å². The van der Waals surface area contributed by atoms with Gasteiger partial charge < -0.3 is 10.2 Å². The third kappa shape index (κ3) is 4.29. The molecule has 0 radical (unpaired) electrons. The minimum Gasteiger partial charge on any atom is -0.370 e. The highest BCUT2D eigenvalue weighted by Gasteiger charge is 2.34. The van der Waals surface area contributed by atoms with E-state index in [1.165, 1.54) is 11.9 Å². The van der Waals surface area contributed by atoms with Gasteiger partial charge in [0.25, 0.3) is 0 Å². The number of carbonyl (C=O) groups is 1. The standard InChI is InChI=1S/C11H13F3N4O3/c1-3-17(2)10(19)6-15-7-4-9(11(12,13)14)16-5-8(7)18(20)21/h4-5H,3,6H2,1-2H3,(H,15,16). The Morgan fingerprint density at radius 2 is 2.14 bits per heavy atom. The lowest BCUT2D eigenvalue weighted by Crippen LogP contribution is -2.32. The quantitative estimate of drug-likeness (QED) is 0.663. The van der Waals surface area contributed by atoms with E-state index in [2.05, 4.69) is 10.3 Å². The normalized spacial score (nSPS) is 11.1. The smallest absolute Gasteiger partial charge is 0.370 e. The van der Waals surface area contributed by atoms with Gasteiger partial charge in [0.15, 0.2) is 0 Å². The molecule has 7 nitrogen and oxygen atoms in total. The summed E-state index contributed by atoms with van der Waals surface area (Å²) in [5.41, 5.74) is -2.30. The van der Waals surface area contributed by atoms with Gasteiger partial charge in [-0.2, -0.15) is 13.2 Å². The minimum atomic E-state index is -4.73. The molecule has 1 heterocycles. The van der Waals surface area contributed by atoms with Crippen LogP contribution in [0.3, 0.4) is 0 Å². The number of rotatable bonds is 5. The molecule has 0 saturated carbocycles. The van der Waals surface area contributed by atoms with E-state index < -0.39 is 34.1 Å². The fourth-order valence-corrected chi connectivity index (χ4v) is 1.37. The highest BCUT2D eigenvalue weighted by molar-refractivity contribution is 5.81. The number of aromatic nitrogens is 1. The highest BCUT2D eigenvalue weighted by Crippen LogP contribution is 2.32. The van der Waals surface area contributed by atoms with Crippen LogP contribution in [-0.4, -0.2) is 40.9 Å². The van der Waals surface area contributed by atoms with Gasteiger partial charge in [0.05, 0.1) is 11.5 Å². The molecule has 0 aliphatic heterocycles. The molecule has 0 saturated heterocycles. The van der Waals surface area contributed by atoms with Crippen LogP contribution in [0.1, 0.15) is 12.6 Å². The molecule has 0 aliphatic rings. The predicted octanol–water partition coefficient (Wildman–Crippen LogP) is 1.90. The van der Waals surface area contributed by atoms with Gasteiger partial charge in [-0.1, -0.05) is 0 Å². The topological polar surface area (TPSA) is 88.4 Å². The van der Waals surface area contributed by atoms with Gasteiger partial charge in [0, 0.05) is 13.6 Å². The summed E-state index contributed by atoms with van der Waals surface area (Å²) in [5.74, 6) is -0.405. The van der Waals surface area contributed by atoms with Gasteiger partial charge in [-0.05, 0) is 13.0 Å². The summed E-state index contributed by atoms with van der Waals surface area (Å²) in [6.45, 7) is 1.77. The van der Waals surface area contributed by atoms with Crippen molar-refractivity contribution < 1.29 is 22.9 Å². The molecular formula is C11H13F3N4O3. The van der Waals surface area contributed by atoms with Crippen LogP contribution in [-0.2, 0) is 11.0 Å². The summed E-state index contributed by atoms with van der Waals surface area (Å²) in [7, 11) is 1.51. The molecule has 10 heteroatoms. The summed E-state index contributed by atoms with van der Waals surface area (Å²) in [6, 6.07) is 0.511. The first-order valence-corrected chi connectivity index (χ1v) is 5.86. The first kappa shape index (κ1) is 16.7. The number of nitrogens with one attached hydrogen (secondary N) is 1. The van der Waals surface area contributed by atoms with E-state index in [9.17, 15) is 28.1 Å². The lowest BCUT2D eigenvalue weighted by Gasteiger charge is -2.15. The summed E-state index contributed by atoms with van der Waals surface area (Å²) in [4.78, 5) is 25.8. The fraction of sp³-hybridized carbons (Fsp3) is 0.455. The molecule has 1 N–H and O–H groups in total. The van der Waals surface area contributed by atoms with Crippen LogP contribution in [0.25, 0.3) is 0 Å². The van der Waals surface area contributed by atoms with Gasteiger partial charge >= 0.3 is 11.9 Å². The summed E-state index contributed by atoms with van der Waals surface area (Å²) in [5, 5.41) is 13.1. The van der Waals surface area contributed by atoms with Crippen molar-refractivity contribution in [1.29, 1.82) is 0 Å². The van der Waals surface area contributed by atoms with Crippen molar-refractivity contribution in [1.82, 2.24) is 9.88 Å². The molecule has 0 aromatic carbocycles. The molecule has 0 aliphatic carbocycles. The fourth-order valence-electron chi connectivity index (χ4n) is 1.37. The highest BCUT2D eigenvalue weighted by atomic mass is 19.4. The molecule has 116 valence electrons. The molecule has 1 amide bonds. The van der Waals surface area contributed by atoms with Gasteiger partial charge in [-0.3, -0.25) is 14.9 Å². The number of alkyl halides is 3. The minimum absolute atomic E-state index is 0.355. The molecule has 1 aromatic heterocycles. The zero-order valence-electron chi connectivity index (χ0n) is 11.3. The molecular weight excluding hydrogens is 293 g/mol. The zero-order valence-corrected chi connectivity index (χ0v) is 11.3. The second-order valence-electron chi connectivity index (χ2n) is 4.10. The molecule has 0 bridgehead atoms. The number of halogens is 3. The van der Waals surface area contributed by atoms with Crippen molar-refractivity contribution in [2.75, 3.05) is 25.5 Å². The Hall–Kier alpha value is -2.39. The monoisotopic (exact) mass is 306 g/mol. The summed E-state index contributed by atoms with van der Waals surface area (Å²) < 4.78 is 37.6. The van der Waals surface area contributed by atoms with Gasteiger partial charge in [0.1, 0.15) is 17.6 Å². The van der Waals surface area contributed by atoms with E-state index in [0.29, 0.717) is 18.8 Å². The van der Waals surface area contributed by atoms with E-state index in [4.69, 9.17) is 0 Å². The number of likely N-dealkylation sites (N-methyl/N-ethyl adjacent to an activating group) is 1. The Morgan fingerprint density at radius 1 is 1.52 bits per heavy atom. The Balaban J connectivity index is 3.02. The van der Waals surface area contributed by atoms with Crippen LogP contribution >= 0.6 is 0 Å². The average molecular weight is 306 g/mol. The molecule has 0 atom stereocenters. The zero-order chi connectivity index (χ0) is 16.2. The number of amides is 1. The number of hydrogen-bond acceptors (Lipinski definition) is 5. The Labute approximate surface area is 117 Å². The maximum atomic E-state index is 12.5. The lowest BCUT2D eigenvalue weighted by atomic mass is 10.2. The summed E-state index contributed by atoms with van der Waals surface area (Å²) >= 11 is 0. The van der Waals surface area contributed by atoms with Crippen molar-refractivity contribution in [2.45, 2.75) is 13.1 Å². The number of carbonyl (C=O) groups excluding carboxylic acids is 1. The van der Waals surface area contributed by atoms with Crippen LogP contribution in [0.4, 0.5) is 24.5 Å². The predicted molar refractivity (Wildman–Crippen MR) is 67.7 cm³/mol. The first-order chi connectivity index (χ1) is 9.66. The third-order valence-corrected chi connectivity index (χ3v) is 2.70. The van der Waals surface area contributed by atoms with Gasteiger partial charge in [0.2, 0.25) is 5.91 Å². The van der Waals surface area contributed by atoms with Crippen molar-refractivity contribution in [3.05, 3.63) is 28.1 Å². The maximum absolute atomic E-state index is 12.5. The van der Waals surface area contributed by atoms with Crippen LogP contribution in [0.15, 0.2) is 12.3 Å². The van der Waals surface area contributed by atoms with Crippen LogP contribution in [0, 0.1) is 10.1 Å². The number of anilines is 1. The maximum Gasteiger partial charge on any atom is 0.433 e. The average Bonchev–Trinajstić information content (AvgIpc) is 2.42. The number of nitro groups is 1. The largest absolute Gasteiger partial charge is 0.433 e. The third-order valence-electron chi connectivity index (χ3n) is 2.70. The van der Waals surface area contributed by atoms with Crippen LogP contribution in [0.5, 0.6) is 0 Å². The molecule has 0 fully saturated rings. The number of hydrogen-bond donors (Lipinski definition) is 1. The van der Waals surface area contributed by atoms with Crippen molar-refractivity contribution in [2.24, 2.45) is 0 Å². The van der Waals surface area contributed by atoms with Gasteiger partial charge in [-0.15, -0.1) is 0 Å². The van der Waals surface area contributed by atoms with Crippen LogP contribution < -0.4 is 5.32 Å². The number of pyridine rings is 1. The molecule has 1 aromatic rings. The lowest BCUT2D eigenvalue weighted by molar-refractivity contribution is -0.384. The summed E-state index contributed by atoms with van der Waals surface area (Å²) in [6.07, 6.45) is -4.21.